The molecule has 0 amide bonds. The molecular weight excluding hydrogens is 379 g/mol. The number of hydrogen-bond donors (Lipinski definition) is 2. The van der Waals surface area contributed by atoms with Gasteiger partial charge < -0.3 is 15.4 Å². The summed E-state index contributed by atoms with van der Waals surface area (Å²) in [5.74, 6) is 0.993. The Morgan fingerprint density at radius 2 is 1.90 bits per heavy atom. The monoisotopic (exact) mass is 410 g/mol. The van der Waals surface area contributed by atoms with Crippen molar-refractivity contribution in [1.29, 1.82) is 0 Å². The lowest BCUT2D eigenvalue weighted by atomic mass is 9.96. The normalized spacial score (nSPS) is 21.7. The first-order valence-corrected chi connectivity index (χ1v) is 8.23. The molecule has 1 saturated carbocycles. The predicted octanol–water partition coefficient (Wildman–Crippen LogP) is 1.82. The number of rotatable bonds is 5. The third kappa shape index (κ3) is 7.65. The Morgan fingerprint density at radius 3 is 2.57 bits per heavy atom. The van der Waals surface area contributed by atoms with Crippen LogP contribution >= 0.6 is 24.0 Å². The van der Waals surface area contributed by atoms with Crippen LogP contribution in [0.5, 0.6) is 0 Å². The standard InChI is InChI=1S/C15H30N4O.HI/c1-2-16-15(18-14-6-4-3-5-7-14)17-8-9-19-10-12-20-13-11-19;/h14H,2-13H2,1H3,(H2,16,17,18);1H. The van der Waals surface area contributed by atoms with Gasteiger partial charge in [-0.1, -0.05) is 19.3 Å². The number of aliphatic imine (C=N–C) groups is 1. The molecule has 0 aromatic rings. The molecule has 2 fully saturated rings. The van der Waals surface area contributed by atoms with Crippen LogP contribution in [0.4, 0.5) is 0 Å². The smallest absolute Gasteiger partial charge is 0.191 e. The molecule has 1 aliphatic carbocycles. The fraction of sp³-hybridized carbons (Fsp3) is 0.933. The van der Waals surface area contributed by atoms with Gasteiger partial charge in [-0.05, 0) is 19.8 Å². The van der Waals surface area contributed by atoms with Crippen molar-refractivity contribution in [3.05, 3.63) is 0 Å². The zero-order chi connectivity index (χ0) is 14.0. The molecule has 1 aliphatic heterocycles. The number of guanidine groups is 1. The van der Waals surface area contributed by atoms with E-state index in [0.717, 1.165) is 51.9 Å². The van der Waals surface area contributed by atoms with Gasteiger partial charge in [0.05, 0.1) is 19.8 Å². The average Bonchev–Trinajstić information content (AvgIpc) is 2.49. The van der Waals surface area contributed by atoms with E-state index in [1.807, 2.05) is 0 Å². The number of hydrogen-bond acceptors (Lipinski definition) is 3. The van der Waals surface area contributed by atoms with Crippen molar-refractivity contribution < 1.29 is 4.74 Å². The van der Waals surface area contributed by atoms with Gasteiger partial charge >= 0.3 is 0 Å². The van der Waals surface area contributed by atoms with Gasteiger partial charge in [-0.15, -0.1) is 24.0 Å². The first-order valence-electron chi connectivity index (χ1n) is 8.23. The molecule has 124 valence electrons. The minimum Gasteiger partial charge on any atom is -0.379 e. The van der Waals surface area contributed by atoms with Crippen molar-refractivity contribution in [2.75, 3.05) is 45.9 Å². The third-order valence-electron chi connectivity index (χ3n) is 4.08. The summed E-state index contributed by atoms with van der Waals surface area (Å²) in [5.41, 5.74) is 0. The predicted molar refractivity (Wildman–Crippen MR) is 98.7 cm³/mol. The van der Waals surface area contributed by atoms with Gasteiger partial charge in [0, 0.05) is 32.2 Å². The van der Waals surface area contributed by atoms with Gasteiger partial charge in [0.15, 0.2) is 5.96 Å². The zero-order valence-corrected chi connectivity index (χ0v) is 15.6. The molecule has 21 heavy (non-hydrogen) atoms. The van der Waals surface area contributed by atoms with Crippen molar-refractivity contribution in [1.82, 2.24) is 15.5 Å². The Bertz CT molecular complexity index is 289. The highest BCUT2D eigenvalue weighted by atomic mass is 127. The summed E-state index contributed by atoms with van der Waals surface area (Å²) in [5, 5.41) is 6.95. The maximum absolute atomic E-state index is 5.36. The zero-order valence-electron chi connectivity index (χ0n) is 13.3. The lowest BCUT2D eigenvalue weighted by molar-refractivity contribution is 0.0394. The second-order valence-corrected chi connectivity index (χ2v) is 5.69. The van der Waals surface area contributed by atoms with Crippen molar-refractivity contribution >= 4 is 29.9 Å². The van der Waals surface area contributed by atoms with Crippen molar-refractivity contribution in [3.63, 3.8) is 0 Å². The van der Waals surface area contributed by atoms with Crippen molar-refractivity contribution in [2.24, 2.45) is 4.99 Å². The first-order chi connectivity index (χ1) is 9.88. The molecule has 6 heteroatoms. The van der Waals surface area contributed by atoms with E-state index < -0.39 is 0 Å². The Hall–Kier alpha value is -0.0800. The summed E-state index contributed by atoms with van der Waals surface area (Å²) >= 11 is 0. The van der Waals surface area contributed by atoms with E-state index in [9.17, 15) is 0 Å². The quantitative estimate of drug-likeness (QED) is 0.413. The topological polar surface area (TPSA) is 48.9 Å². The van der Waals surface area contributed by atoms with E-state index in [-0.39, 0.29) is 24.0 Å². The number of nitrogens with one attached hydrogen (secondary N) is 2. The molecule has 0 aromatic heterocycles. The highest BCUT2D eigenvalue weighted by Gasteiger charge is 2.14. The number of ether oxygens (including phenoxy) is 1. The Labute approximate surface area is 146 Å². The van der Waals surface area contributed by atoms with Gasteiger partial charge in [0.2, 0.25) is 0 Å². The summed E-state index contributed by atoms with van der Waals surface area (Å²) in [4.78, 5) is 7.14. The lowest BCUT2D eigenvalue weighted by Gasteiger charge is -2.27. The molecule has 2 aliphatic rings. The number of nitrogens with zero attached hydrogens (tertiary/aromatic N) is 2. The van der Waals surface area contributed by atoms with E-state index in [1.54, 1.807) is 0 Å². The molecule has 0 aromatic carbocycles. The maximum atomic E-state index is 5.36. The first kappa shape index (κ1) is 19.0. The molecule has 1 heterocycles. The minimum atomic E-state index is 0. The SMILES string of the molecule is CCNC(=NCCN1CCOCC1)NC1CCCCC1.I. The Balaban J connectivity index is 0.00000220. The fourth-order valence-corrected chi connectivity index (χ4v) is 2.89. The van der Waals surface area contributed by atoms with Crippen LogP contribution in [0.3, 0.4) is 0 Å². The van der Waals surface area contributed by atoms with Crippen LogP contribution in [0.1, 0.15) is 39.0 Å². The van der Waals surface area contributed by atoms with E-state index in [0.29, 0.717) is 6.04 Å². The Morgan fingerprint density at radius 1 is 1.19 bits per heavy atom. The molecule has 0 bridgehead atoms. The maximum Gasteiger partial charge on any atom is 0.191 e. The van der Waals surface area contributed by atoms with Crippen LogP contribution in [0.2, 0.25) is 0 Å². The highest BCUT2D eigenvalue weighted by Crippen LogP contribution is 2.17. The molecule has 0 radical (unpaired) electrons. The van der Waals surface area contributed by atoms with E-state index in [2.05, 4.69) is 22.5 Å². The van der Waals surface area contributed by atoms with Crippen molar-refractivity contribution in [2.45, 2.75) is 45.1 Å². The van der Waals surface area contributed by atoms with Crippen LogP contribution in [0.25, 0.3) is 0 Å². The van der Waals surface area contributed by atoms with E-state index in [1.165, 1.54) is 32.1 Å². The summed E-state index contributed by atoms with van der Waals surface area (Å²) in [6, 6.07) is 0.616. The minimum absolute atomic E-state index is 0. The molecule has 0 unspecified atom stereocenters. The van der Waals surface area contributed by atoms with Crippen LogP contribution in [-0.2, 0) is 4.74 Å². The van der Waals surface area contributed by atoms with Gasteiger partial charge in [-0.2, -0.15) is 0 Å². The number of halogens is 1. The summed E-state index contributed by atoms with van der Waals surface area (Å²) in [6.07, 6.45) is 6.67. The van der Waals surface area contributed by atoms with Crippen molar-refractivity contribution in [3.8, 4) is 0 Å². The summed E-state index contributed by atoms with van der Waals surface area (Å²) in [6.45, 7) is 8.77. The second kappa shape index (κ2) is 11.5. The van der Waals surface area contributed by atoms with Gasteiger partial charge in [0.25, 0.3) is 0 Å². The fourth-order valence-electron chi connectivity index (χ4n) is 2.89. The van der Waals surface area contributed by atoms with Gasteiger partial charge in [-0.25, -0.2) is 0 Å². The van der Waals surface area contributed by atoms with E-state index in [4.69, 9.17) is 9.73 Å². The second-order valence-electron chi connectivity index (χ2n) is 5.69. The van der Waals surface area contributed by atoms with Crippen LogP contribution in [0, 0.1) is 0 Å². The molecule has 5 nitrogen and oxygen atoms in total. The Kier molecular flexibility index (Phi) is 10.4. The van der Waals surface area contributed by atoms with Gasteiger partial charge in [-0.3, -0.25) is 9.89 Å². The largest absolute Gasteiger partial charge is 0.379 e. The summed E-state index contributed by atoms with van der Waals surface area (Å²) in [7, 11) is 0. The molecular formula is C15H31IN4O. The average molecular weight is 410 g/mol. The molecule has 0 atom stereocenters. The van der Waals surface area contributed by atoms with Gasteiger partial charge in [0.1, 0.15) is 0 Å². The molecule has 2 rings (SSSR count). The van der Waals surface area contributed by atoms with Crippen LogP contribution in [0.15, 0.2) is 4.99 Å². The number of morpholine rings is 1. The summed E-state index contributed by atoms with van der Waals surface area (Å²) < 4.78 is 5.36. The third-order valence-corrected chi connectivity index (χ3v) is 4.08. The highest BCUT2D eigenvalue weighted by molar-refractivity contribution is 14.0. The van der Waals surface area contributed by atoms with Crippen LogP contribution in [-0.4, -0.2) is 62.8 Å². The molecule has 0 spiro atoms. The molecule has 1 saturated heterocycles. The lowest BCUT2D eigenvalue weighted by Crippen LogP contribution is -2.44. The van der Waals surface area contributed by atoms with Crippen LogP contribution < -0.4 is 10.6 Å². The molecule has 2 N–H and O–H groups in total. The van der Waals surface area contributed by atoms with E-state index >= 15 is 0 Å².